The molecule has 0 bridgehead atoms. The van der Waals surface area contributed by atoms with Crippen molar-refractivity contribution in [2.45, 2.75) is 56.9 Å². The highest BCUT2D eigenvalue weighted by atomic mass is 16.3. The highest BCUT2D eigenvalue weighted by molar-refractivity contribution is 5.77. The standard InChI is InChI=1S/C18H23NO2/c1-18-9-8-14-13-5-3-12(20)10-11(13)2-4-15(14)16(18)6-7-17(21)19-18/h3,5,10,14-16,20H,2,4,6-9H2,1H3,(H,19,21)/t14?,15?,16?,18-/m0/s1. The van der Waals surface area contributed by atoms with Crippen LogP contribution in [0.4, 0.5) is 0 Å². The van der Waals surface area contributed by atoms with E-state index in [1.165, 1.54) is 17.5 Å². The fraction of sp³-hybridized carbons (Fsp3) is 0.611. The summed E-state index contributed by atoms with van der Waals surface area (Å²) in [5.74, 6) is 2.52. The zero-order chi connectivity index (χ0) is 14.6. The van der Waals surface area contributed by atoms with Gasteiger partial charge in [-0.05, 0) is 80.0 Å². The van der Waals surface area contributed by atoms with Crippen LogP contribution in [0.5, 0.6) is 5.75 Å². The summed E-state index contributed by atoms with van der Waals surface area (Å²) in [7, 11) is 0. The van der Waals surface area contributed by atoms with E-state index in [0.29, 0.717) is 29.9 Å². The Labute approximate surface area is 125 Å². The minimum Gasteiger partial charge on any atom is -0.508 e. The highest BCUT2D eigenvalue weighted by Gasteiger charge is 2.50. The monoisotopic (exact) mass is 285 g/mol. The number of phenolic OH excluding ortho intramolecular Hbond substituents is 1. The SMILES string of the molecule is C[C@]12CCC3c4ccc(O)cc4CCC3C1CCC(=O)N2. The number of carbonyl (C=O) groups is 1. The van der Waals surface area contributed by atoms with Crippen molar-refractivity contribution in [3.05, 3.63) is 29.3 Å². The Hall–Kier alpha value is -1.51. The molecule has 0 spiro atoms. The summed E-state index contributed by atoms with van der Waals surface area (Å²) in [5.41, 5.74) is 2.79. The molecular formula is C18H23NO2. The lowest BCUT2D eigenvalue weighted by molar-refractivity contribution is -0.129. The fourth-order valence-corrected chi connectivity index (χ4v) is 5.24. The molecule has 1 aromatic carbocycles. The van der Waals surface area contributed by atoms with E-state index in [9.17, 15) is 9.90 Å². The maximum absolute atomic E-state index is 11.8. The molecule has 0 aromatic heterocycles. The lowest BCUT2D eigenvalue weighted by atomic mass is 9.55. The molecule has 112 valence electrons. The van der Waals surface area contributed by atoms with Gasteiger partial charge in [-0.2, -0.15) is 0 Å². The average Bonchev–Trinajstić information content (AvgIpc) is 2.45. The van der Waals surface area contributed by atoms with Gasteiger partial charge in [0, 0.05) is 12.0 Å². The molecule has 1 saturated carbocycles. The van der Waals surface area contributed by atoms with Crippen LogP contribution in [0, 0.1) is 11.8 Å². The first-order valence-electron chi connectivity index (χ1n) is 8.20. The smallest absolute Gasteiger partial charge is 0.220 e. The van der Waals surface area contributed by atoms with Crippen LogP contribution in [-0.2, 0) is 11.2 Å². The van der Waals surface area contributed by atoms with Crippen molar-refractivity contribution in [2.24, 2.45) is 11.8 Å². The van der Waals surface area contributed by atoms with Gasteiger partial charge in [-0.25, -0.2) is 0 Å². The summed E-state index contributed by atoms with van der Waals surface area (Å²) in [5, 5.41) is 13.0. The number of aromatic hydroxyl groups is 1. The molecule has 2 aliphatic carbocycles. The zero-order valence-electron chi connectivity index (χ0n) is 12.6. The van der Waals surface area contributed by atoms with E-state index in [1.807, 2.05) is 12.1 Å². The van der Waals surface area contributed by atoms with E-state index < -0.39 is 0 Å². The maximum atomic E-state index is 11.8. The fourth-order valence-electron chi connectivity index (χ4n) is 5.24. The van der Waals surface area contributed by atoms with Crippen LogP contribution < -0.4 is 5.32 Å². The summed E-state index contributed by atoms with van der Waals surface area (Å²) in [6.07, 6.45) is 6.20. The van der Waals surface area contributed by atoms with Gasteiger partial charge in [0.25, 0.3) is 0 Å². The Morgan fingerprint density at radius 2 is 2.10 bits per heavy atom. The number of aryl methyl sites for hydroxylation is 1. The molecule has 1 aromatic rings. The first-order valence-corrected chi connectivity index (χ1v) is 8.20. The third-order valence-electron chi connectivity index (χ3n) is 6.21. The number of benzene rings is 1. The van der Waals surface area contributed by atoms with Crippen LogP contribution in [0.2, 0.25) is 0 Å². The molecule has 21 heavy (non-hydrogen) atoms. The van der Waals surface area contributed by atoms with E-state index in [2.05, 4.69) is 18.3 Å². The predicted octanol–water partition coefficient (Wildman–Crippen LogP) is 3.12. The Balaban J connectivity index is 1.69. The van der Waals surface area contributed by atoms with Crippen LogP contribution in [0.1, 0.15) is 56.1 Å². The second-order valence-corrected chi connectivity index (χ2v) is 7.34. The molecule has 3 heteroatoms. The van der Waals surface area contributed by atoms with Crippen LogP contribution in [0.15, 0.2) is 18.2 Å². The molecular weight excluding hydrogens is 262 g/mol. The van der Waals surface area contributed by atoms with Crippen molar-refractivity contribution in [1.82, 2.24) is 5.32 Å². The largest absolute Gasteiger partial charge is 0.508 e. The van der Waals surface area contributed by atoms with Gasteiger partial charge in [-0.3, -0.25) is 4.79 Å². The normalized spacial score (nSPS) is 38.0. The summed E-state index contributed by atoms with van der Waals surface area (Å²) in [6.45, 7) is 2.25. The number of hydrogen-bond acceptors (Lipinski definition) is 2. The second-order valence-electron chi connectivity index (χ2n) is 7.34. The van der Waals surface area contributed by atoms with Gasteiger partial charge in [0.1, 0.15) is 5.75 Å². The van der Waals surface area contributed by atoms with Crippen molar-refractivity contribution >= 4 is 5.91 Å². The lowest BCUT2D eigenvalue weighted by Gasteiger charge is -2.54. The number of fused-ring (bicyclic) bond motifs is 5. The number of amides is 1. The minimum absolute atomic E-state index is 0.00488. The van der Waals surface area contributed by atoms with Crippen molar-refractivity contribution in [2.75, 3.05) is 0 Å². The summed E-state index contributed by atoms with van der Waals surface area (Å²) >= 11 is 0. The molecule has 0 radical (unpaired) electrons. The lowest BCUT2D eigenvalue weighted by Crippen LogP contribution is -2.60. The Morgan fingerprint density at radius 3 is 2.95 bits per heavy atom. The van der Waals surface area contributed by atoms with Gasteiger partial charge in [0.2, 0.25) is 5.91 Å². The van der Waals surface area contributed by atoms with Crippen LogP contribution in [0.25, 0.3) is 0 Å². The molecule has 3 unspecified atom stereocenters. The van der Waals surface area contributed by atoms with Crippen molar-refractivity contribution in [1.29, 1.82) is 0 Å². The molecule has 2 fully saturated rings. The first kappa shape index (κ1) is 13.2. The van der Waals surface area contributed by atoms with Crippen LogP contribution in [0.3, 0.4) is 0 Å². The number of rotatable bonds is 0. The molecule has 1 saturated heterocycles. The van der Waals surface area contributed by atoms with E-state index in [-0.39, 0.29) is 11.4 Å². The number of hydrogen-bond donors (Lipinski definition) is 2. The van der Waals surface area contributed by atoms with Crippen molar-refractivity contribution < 1.29 is 9.90 Å². The number of piperidine rings is 1. The third-order valence-corrected chi connectivity index (χ3v) is 6.21. The molecule has 1 heterocycles. The highest BCUT2D eigenvalue weighted by Crippen LogP contribution is 2.53. The van der Waals surface area contributed by atoms with Gasteiger partial charge in [0.05, 0.1) is 0 Å². The predicted molar refractivity (Wildman–Crippen MR) is 81.2 cm³/mol. The number of phenols is 1. The second kappa shape index (κ2) is 4.49. The first-order chi connectivity index (χ1) is 10.1. The number of nitrogens with one attached hydrogen (secondary N) is 1. The van der Waals surface area contributed by atoms with Gasteiger partial charge >= 0.3 is 0 Å². The topological polar surface area (TPSA) is 49.3 Å². The minimum atomic E-state index is 0.00488. The quantitative estimate of drug-likeness (QED) is 0.769. The van der Waals surface area contributed by atoms with E-state index in [0.717, 1.165) is 25.7 Å². The van der Waals surface area contributed by atoms with Gasteiger partial charge < -0.3 is 10.4 Å². The molecule has 1 aliphatic heterocycles. The zero-order valence-corrected chi connectivity index (χ0v) is 12.6. The van der Waals surface area contributed by atoms with Gasteiger partial charge in [-0.15, -0.1) is 0 Å². The van der Waals surface area contributed by atoms with E-state index in [4.69, 9.17) is 0 Å². The van der Waals surface area contributed by atoms with Crippen molar-refractivity contribution in [3.8, 4) is 5.75 Å². The van der Waals surface area contributed by atoms with Crippen LogP contribution >= 0.6 is 0 Å². The molecule has 2 N–H and O–H groups in total. The van der Waals surface area contributed by atoms with Gasteiger partial charge in [0.15, 0.2) is 0 Å². The summed E-state index contributed by atoms with van der Waals surface area (Å²) in [4.78, 5) is 11.8. The van der Waals surface area contributed by atoms with E-state index in [1.54, 1.807) is 0 Å². The Bertz CT molecular complexity index is 597. The number of carbonyl (C=O) groups excluding carboxylic acids is 1. The van der Waals surface area contributed by atoms with Gasteiger partial charge in [-0.1, -0.05) is 6.07 Å². The molecule has 1 amide bonds. The molecule has 4 rings (SSSR count). The van der Waals surface area contributed by atoms with Crippen LogP contribution in [-0.4, -0.2) is 16.6 Å². The van der Waals surface area contributed by atoms with Crippen molar-refractivity contribution in [3.63, 3.8) is 0 Å². The molecule has 4 atom stereocenters. The van der Waals surface area contributed by atoms with E-state index >= 15 is 0 Å². The molecule has 3 nitrogen and oxygen atoms in total. The third kappa shape index (κ3) is 1.97. The summed E-state index contributed by atoms with van der Waals surface area (Å²) < 4.78 is 0. The Kier molecular flexibility index (Phi) is 2.82. The Morgan fingerprint density at radius 1 is 1.24 bits per heavy atom. The maximum Gasteiger partial charge on any atom is 0.220 e. The average molecular weight is 285 g/mol. The summed E-state index contributed by atoms with van der Waals surface area (Å²) in [6, 6.07) is 5.91. The molecule has 3 aliphatic rings.